The van der Waals surface area contributed by atoms with Crippen LogP contribution in [0.15, 0.2) is 18.2 Å². The first-order valence-corrected chi connectivity index (χ1v) is 6.58. The minimum Gasteiger partial charge on any atom is -0.482 e. The van der Waals surface area contributed by atoms with Crippen LogP contribution < -0.4 is 15.0 Å². The van der Waals surface area contributed by atoms with Crippen molar-refractivity contribution in [1.29, 1.82) is 0 Å². The minimum atomic E-state index is -0.0117. The fourth-order valence-corrected chi connectivity index (χ4v) is 2.25. The van der Waals surface area contributed by atoms with E-state index in [1.165, 1.54) is 12.8 Å². The van der Waals surface area contributed by atoms with Gasteiger partial charge < -0.3 is 15.0 Å². The highest BCUT2D eigenvalue weighted by Crippen LogP contribution is 2.34. The monoisotopic (exact) mass is 266 g/mol. The Bertz CT molecular complexity index is 474. The second-order valence-corrected chi connectivity index (χ2v) is 5.11. The molecule has 1 fully saturated rings. The van der Waals surface area contributed by atoms with Gasteiger partial charge in [-0.25, -0.2) is 0 Å². The first-order chi connectivity index (χ1) is 8.74. The smallest absolute Gasteiger partial charge is 0.265 e. The minimum absolute atomic E-state index is 0.0117. The highest BCUT2D eigenvalue weighted by Gasteiger charge is 2.26. The average molecular weight is 267 g/mol. The number of amides is 1. The normalized spacial score (nSPS) is 18.5. The van der Waals surface area contributed by atoms with Crippen molar-refractivity contribution in [3.63, 3.8) is 0 Å². The molecule has 0 radical (unpaired) electrons. The number of benzene rings is 1. The Labute approximate surface area is 111 Å². The molecule has 2 aliphatic rings. The van der Waals surface area contributed by atoms with E-state index in [1.54, 1.807) is 17.0 Å². The topological polar surface area (TPSA) is 41.6 Å². The maximum Gasteiger partial charge on any atom is 0.265 e. The first-order valence-electron chi connectivity index (χ1n) is 6.20. The van der Waals surface area contributed by atoms with Crippen molar-refractivity contribution in [2.45, 2.75) is 18.9 Å². The van der Waals surface area contributed by atoms with Gasteiger partial charge in [0, 0.05) is 24.2 Å². The summed E-state index contributed by atoms with van der Waals surface area (Å²) in [6.45, 7) is 1.58. The van der Waals surface area contributed by atoms with Gasteiger partial charge in [0.2, 0.25) is 0 Å². The molecule has 0 saturated heterocycles. The summed E-state index contributed by atoms with van der Waals surface area (Å²) in [5, 5.41) is 4.02. The summed E-state index contributed by atoms with van der Waals surface area (Å²) in [6.07, 6.45) is 2.50. The summed E-state index contributed by atoms with van der Waals surface area (Å²) in [5.74, 6) is 0.716. The van der Waals surface area contributed by atoms with E-state index >= 15 is 0 Å². The van der Waals surface area contributed by atoms with E-state index in [4.69, 9.17) is 16.3 Å². The number of carbonyl (C=O) groups excluding carboxylic acids is 1. The Balaban J connectivity index is 1.74. The summed E-state index contributed by atoms with van der Waals surface area (Å²) in [6, 6.07) is 6.02. The number of hydrogen-bond donors (Lipinski definition) is 1. The van der Waals surface area contributed by atoms with Crippen molar-refractivity contribution in [2.75, 3.05) is 24.6 Å². The van der Waals surface area contributed by atoms with Crippen molar-refractivity contribution < 1.29 is 9.53 Å². The third-order valence-electron chi connectivity index (χ3n) is 3.21. The molecular weight excluding hydrogens is 252 g/mol. The Morgan fingerprint density at radius 1 is 1.44 bits per heavy atom. The van der Waals surface area contributed by atoms with Crippen LogP contribution in [0.4, 0.5) is 5.69 Å². The van der Waals surface area contributed by atoms with Crippen molar-refractivity contribution in [2.24, 2.45) is 0 Å². The largest absolute Gasteiger partial charge is 0.482 e. The van der Waals surface area contributed by atoms with E-state index in [0.717, 1.165) is 18.0 Å². The van der Waals surface area contributed by atoms with Gasteiger partial charge in [0.1, 0.15) is 5.75 Å². The lowest BCUT2D eigenvalue weighted by molar-refractivity contribution is -0.121. The quantitative estimate of drug-likeness (QED) is 0.904. The fourth-order valence-electron chi connectivity index (χ4n) is 2.09. The van der Waals surface area contributed by atoms with E-state index in [-0.39, 0.29) is 12.5 Å². The highest BCUT2D eigenvalue weighted by atomic mass is 35.5. The first kappa shape index (κ1) is 11.8. The summed E-state index contributed by atoms with van der Waals surface area (Å²) >= 11 is 5.98. The summed E-state index contributed by atoms with van der Waals surface area (Å²) in [4.78, 5) is 13.6. The van der Waals surface area contributed by atoms with Crippen LogP contribution in [0.5, 0.6) is 5.75 Å². The van der Waals surface area contributed by atoms with E-state index < -0.39 is 0 Å². The molecule has 1 N–H and O–H groups in total. The third kappa shape index (κ3) is 2.44. The number of ether oxygens (including phenoxy) is 1. The number of hydrogen-bond acceptors (Lipinski definition) is 3. The van der Waals surface area contributed by atoms with Crippen LogP contribution in [-0.2, 0) is 4.79 Å². The molecule has 0 spiro atoms. The zero-order valence-electron chi connectivity index (χ0n) is 9.99. The molecule has 0 atom stereocenters. The lowest BCUT2D eigenvalue weighted by Gasteiger charge is -2.29. The molecule has 1 aliphatic carbocycles. The number of halogens is 1. The SMILES string of the molecule is O=C1COc2ccc(Cl)cc2N1CCNC1CC1. The molecule has 18 heavy (non-hydrogen) atoms. The van der Waals surface area contributed by atoms with Crippen molar-refractivity contribution in [1.82, 2.24) is 5.32 Å². The number of carbonyl (C=O) groups is 1. The molecule has 0 aromatic heterocycles. The van der Waals surface area contributed by atoms with Crippen LogP contribution >= 0.6 is 11.6 Å². The standard InChI is InChI=1S/C13H15ClN2O2/c14-9-1-4-12-11(7-9)16(13(17)8-18-12)6-5-15-10-2-3-10/h1,4,7,10,15H,2-3,5-6,8H2. The number of rotatable bonds is 4. The predicted octanol–water partition coefficient (Wildman–Crippen LogP) is 1.82. The predicted molar refractivity (Wildman–Crippen MR) is 70.3 cm³/mol. The molecule has 0 bridgehead atoms. The Morgan fingerprint density at radius 3 is 3.06 bits per heavy atom. The van der Waals surface area contributed by atoms with Gasteiger partial charge in [0.25, 0.3) is 5.91 Å². The molecule has 1 amide bonds. The summed E-state index contributed by atoms with van der Waals surface area (Å²) in [7, 11) is 0. The summed E-state index contributed by atoms with van der Waals surface area (Å²) < 4.78 is 5.39. The lowest BCUT2D eigenvalue weighted by atomic mass is 10.2. The maximum absolute atomic E-state index is 11.9. The van der Waals surface area contributed by atoms with Crippen LogP contribution in [-0.4, -0.2) is 31.6 Å². The van der Waals surface area contributed by atoms with Crippen molar-refractivity contribution in [3.8, 4) is 5.75 Å². The van der Waals surface area contributed by atoms with Gasteiger partial charge in [-0.2, -0.15) is 0 Å². The highest BCUT2D eigenvalue weighted by molar-refractivity contribution is 6.31. The molecule has 4 nitrogen and oxygen atoms in total. The zero-order chi connectivity index (χ0) is 12.5. The number of fused-ring (bicyclic) bond motifs is 1. The molecule has 1 aliphatic heterocycles. The third-order valence-corrected chi connectivity index (χ3v) is 3.44. The number of nitrogens with one attached hydrogen (secondary N) is 1. The molecule has 96 valence electrons. The fraction of sp³-hybridized carbons (Fsp3) is 0.462. The maximum atomic E-state index is 11.9. The molecule has 1 aromatic rings. The van der Waals surface area contributed by atoms with E-state index in [1.807, 2.05) is 6.07 Å². The van der Waals surface area contributed by atoms with Crippen LogP contribution in [0.1, 0.15) is 12.8 Å². The van der Waals surface area contributed by atoms with Crippen LogP contribution in [0.3, 0.4) is 0 Å². The van der Waals surface area contributed by atoms with Crippen LogP contribution in [0.25, 0.3) is 0 Å². The van der Waals surface area contributed by atoms with E-state index in [9.17, 15) is 4.79 Å². The second kappa shape index (κ2) is 4.78. The van der Waals surface area contributed by atoms with Crippen LogP contribution in [0, 0.1) is 0 Å². The Hall–Kier alpha value is -1.26. The van der Waals surface area contributed by atoms with Gasteiger partial charge in [0.05, 0.1) is 5.69 Å². The molecule has 1 heterocycles. The van der Waals surface area contributed by atoms with Gasteiger partial charge in [-0.05, 0) is 31.0 Å². The summed E-state index contributed by atoms with van der Waals surface area (Å²) in [5.41, 5.74) is 0.774. The Morgan fingerprint density at radius 2 is 2.28 bits per heavy atom. The Kier molecular flexibility index (Phi) is 3.14. The molecule has 5 heteroatoms. The van der Waals surface area contributed by atoms with Gasteiger partial charge in [-0.3, -0.25) is 4.79 Å². The second-order valence-electron chi connectivity index (χ2n) is 4.67. The van der Waals surface area contributed by atoms with Gasteiger partial charge in [0.15, 0.2) is 6.61 Å². The lowest BCUT2D eigenvalue weighted by Crippen LogP contribution is -2.42. The van der Waals surface area contributed by atoms with E-state index in [0.29, 0.717) is 17.6 Å². The van der Waals surface area contributed by atoms with Crippen molar-refractivity contribution in [3.05, 3.63) is 23.2 Å². The number of nitrogens with zero attached hydrogens (tertiary/aromatic N) is 1. The van der Waals surface area contributed by atoms with Gasteiger partial charge in [-0.1, -0.05) is 11.6 Å². The average Bonchev–Trinajstić information content (AvgIpc) is 3.16. The zero-order valence-corrected chi connectivity index (χ0v) is 10.7. The molecule has 1 saturated carbocycles. The molecular formula is C13H15ClN2O2. The molecule has 1 aromatic carbocycles. The van der Waals surface area contributed by atoms with Gasteiger partial charge in [-0.15, -0.1) is 0 Å². The van der Waals surface area contributed by atoms with Crippen molar-refractivity contribution >= 4 is 23.2 Å². The molecule has 0 unspecified atom stereocenters. The van der Waals surface area contributed by atoms with Gasteiger partial charge >= 0.3 is 0 Å². The van der Waals surface area contributed by atoms with E-state index in [2.05, 4.69) is 5.32 Å². The van der Waals surface area contributed by atoms with Crippen LogP contribution in [0.2, 0.25) is 5.02 Å². The number of anilines is 1. The molecule has 3 rings (SSSR count).